The maximum atomic E-state index is 9.00. The number of rotatable bonds is 6. The number of nitrogens with zero attached hydrogens (tertiary/aromatic N) is 3. The molecule has 0 bridgehead atoms. The Hall–Kier alpha value is -0.630. The van der Waals surface area contributed by atoms with Crippen molar-refractivity contribution in [2.45, 2.75) is 25.8 Å². The lowest BCUT2D eigenvalue weighted by atomic mass is 9.96. The van der Waals surface area contributed by atoms with Gasteiger partial charge in [-0.2, -0.15) is 5.26 Å². The van der Waals surface area contributed by atoms with Crippen LogP contribution >= 0.6 is 0 Å². The maximum Gasteiger partial charge on any atom is 0.108 e. The van der Waals surface area contributed by atoms with Crippen molar-refractivity contribution in [3.05, 3.63) is 0 Å². The highest BCUT2D eigenvalue weighted by Crippen LogP contribution is 2.16. The first kappa shape index (κ1) is 14.4. The summed E-state index contributed by atoms with van der Waals surface area (Å²) < 4.78 is 0. The van der Waals surface area contributed by atoms with E-state index in [9.17, 15) is 0 Å². The molecule has 1 aliphatic rings. The molecule has 98 valence electrons. The van der Waals surface area contributed by atoms with Gasteiger partial charge in [0, 0.05) is 13.1 Å². The van der Waals surface area contributed by atoms with Crippen LogP contribution in [0, 0.1) is 17.2 Å². The highest BCUT2D eigenvalue weighted by atomic mass is 15.1. The van der Waals surface area contributed by atoms with E-state index in [4.69, 9.17) is 5.26 Å². The standard InChI is InChI=1S/C13H26N4/c1-4-15-13(9-14)11-17(3)10-12-5-7-16(2)8-6-12/h12-13,15H,4-8,10-11H2,1-3H3. The zero-order chi connectivity index (χ0) is 12.7. The summed E-state index contributed by atoms with van der Waals surface area (Å²) in [7, 11) is 4.32. The second kappa shape index (κ2) is 7.65. The molecule has 0 aromatic heterocycles. The fourth-order valence-corrected chi connectivity index (χ4v) is 2.47. The first-order valence-corrected chi connectivity index (χ1v) is 6.65. The minimum atomic E-state index is -0.0312. The minimum Gasteiger partial charge on any atom is -0.306 e. The van der Waals surface area contributed by atoms with E-state index in [1.54, 1.807) is 0 Å². The highest BCUT2D eigenvalue weighted by Gasteiger charge is 2.19. The van der Waals surface area contributed by atoms with Crippen molar-refractivity contribution >= 4 is 0 Å². The fourth-order valence-electron chi connectivity index (χ4n) is 2.47. The van der Waals surface area contributed by atoms with Crippen LogP contribution in [0.25, 0.3) is 0 Å². The zero-order valence-corrected chi connectivity index (χ0v) is 11.4. The molecule has 17 heavy (non-hydrogen) atoms. The van der Waals surface area contributed by atoms with Gasteiger partial charge in [-0.25, -0.2) is 0 Å². The number of nitrogens with one attached hydrogen (secondary N) is 1. The smallest absolute Gasteiger partial charge is 0.108 e. The third kappa shape index (κ3) is 5.49. The fraction of sp³-hybridized carbons (Fsp3) is 0.923. The third-order valence-electron chi connectivity index (χ3n) is 3.51. The Bertz CT molecular complexity index is 240. The van der Waals surface area contributed by atoms with Crippen LogP contribution in [0.15, 0.2) is 0 Å². The molecule has 4 heteroatoms. The molecule has 0 radical (unpaired) electrons. The van der Waals surface area contributed by atoms with Crippen LogP contribution in [0.1, 0.15) is 19.8 Å². The summed E-state index contributed by atoms with van der Waals surface area (Å²) in [5.74, 6) is 0.803. The molecule has 0 saturated carbocycles. The van der Waals surface area contributed by atoms with Gasteiger partial charge >= 0.3 is 0 Å². The van der Waals surface area contributed by atoms with Crippen molar-refractivity contribution in [2.75, 3.05) is 46.8 Å². The largest absolute Gasteiger partial charge is 0.306 e. The average Bonchev–Trinajstić information content (AvgIpc) is 2.31. The van der Waals surface area contributed by atoms with Gasteiger partial charge in [0.05, 0.1) is 6.07 Å². The highest BCUT2D eigenvalue weighted by molar-refractivity contribution is 4.91. The first-order chi connectivity index (χ1) is 8.15. The van der Waals surface area contributed by atoms with E-state index >= 15 is 0 Å². The molecule has 0 aromatic carbocycles. The molecule has 1 saturated heterocycles. The predicted octanol–water partition coefficient (Wildman–Crippen LogP) is 0.762. The topological polar surface area (TPSA) is 42.3 Å². The lowest BCUT2D eigenvalue weighted by Gasteiger charge is -2.32. The van der Waals surface area contributed by atoms with E-state index in [1.807, 2.05) is 6.92 Å². The lowest BCUT2D eigenvalue weighted by Crippen LogP contribution is -2.42. The molecule has 0 spiro atoms. The number of piperidine rings is 1. The summed E-state index contributed by atoms with van der Waals surface area (Å²) in [6, 6.07) is 2.29. The van der Waals surface area contributed by atoms with E-state index in [-0.39, 0.29) is 6.04 Å². The van der Waals surface area contributed by atoms with E-state index in [1.165, 1.54) is 25.9 Å². The van der Waals surface area contributed by atoms with Crippen LogP contribution < -0.4 is 5.32 Å². The van der Waals surface area contributed by atoms with E-state index in [0.717, 1.165) is 25.6 Å². The van der Waals surface area contributed by atoms with Crippen LogP contribution in [-0.2, 0) is 0 Å². The van der Waals surface area contributed by atoms with Gasteiger partial charge in [-0.15, -0.1) is 0 Å². The summed E-state index contributed by atoms with van der Waals surface area (Å²) in [6.07, 6.45) is 2.58. The van der Waals surface area contributed by atoms with Gasteiger partial charge in [-0.3, -0.25) is 0 Å². The summed E-state index contributed by atoms with van der Waals surface area (Å²) in [5, 5.41) is 12.2. The van der Waals surface area contributed by atoms with Crippen LogP contribution in [0.5, 0.6) is 0 Å². The Kier molecular flexibility index (Phi) is 6.49. The number of likely N-dealkylation sites (tertiary alicyclic amines) is 1. The summed E-state index contributed by atoms with van der Waals surface area (Å²) in [5.41, 5.74) is 0. The van der Waals surface area contributed by atoms with Gasteiger partial charge < -0.3 is 15.1 Å². The minimum absolute atomic E-state index is 0.0312. The summed E-state index contributed by atoms with van der Waals surface area (Å²) in [6.45, 7) is 7.29. The van der Waals surface area contributed by atoms with Crippen LogP contribution in [-0.4, -0.2) is 62.7 Å². The summed E-state index contributed by atoms with van der Waals surface area (Å²) >= 11 is 0. The van der Waals surface area contributed by atoms with Crippen LogP contribution in [0.2, 0.25) is 0 Å². The molecule has 0 aliphatic carbocycles. The molecular formula is C13H26N4. The van der Waals surface area contributed by atoms with Crippen molar-refractivity contribution in [2.24, 2.45) is 5.92 Å². The maximum absolute atomic E-state index is 9.00. The number of likely N-dealkylation sites (N-methyl/N-ethyl adjacent to an activating group) is 2. The molecule has 1 N–H and O–H groups in total. The van der Waals surface area contributed by atoms with Crippen molar-refractivity contribution in [1.82, 2.24) is 15.1 Å². The number of hydrogen-bond donors (Lipinski definition) is 1. The van der Waals surface area contributed by atoms with Gasteiger partial charge in [-0.1, -0.05) is 6.92 Å². The number of nitriles is 1. The van der Waals surface area contributed by atoms with Crippen molar-refractivity contribution in [1.29, 1.82) is 5.26 Å². The van der Waals surface area contributed by atoms with Gasteiger partial charge in [0.15, 0.2) is 0 Å². The first-order valence-electron chi connectivity index (χ1n) is 6.65. The van der Waals surface area contributed by atoms with Gasteiger partial charge in [0.2, 0.25) is 0 Å². The molecule has 1 unspecified atom stereocenters. The van der Waals surface area contributed by atoms with Gasteiger partial charge in [-0.05, 0) is 52.5 Å². The normalized spacial score (nSPS) is 20.4. The molecule has 1 aliphatic heterocycles. The Morgan fingerprint density at radius 3 is 2.65 bits per heavy atom. The zero-order valence-electron chi connectivity index (χ0n) is 11.4. The van der Waals surface area contributed by atoms with E-state index in [2.05, 4.69) is 35.3 Å². The van der Waals surface area contributed by atoms with E-state index < -0.39 is 0 Å². The molecule has 0 amide bonds. The molecule has 1 atom stereocenters. The monoisotopic (exact) mass is 238 g/mol. The Morgan fingerprint density at radius 2 is 2.12 bits per heavy atom. The Balaban J connectivity index is 2.24. The molecule has 0 aromatic rings. The van der Waals surface area contributed by atoms with Crippen LogP contribution in [0.4, 0.5) is 0 Å². The van der Waals surface area contributed by atoms with Crippen LogP contribution in [0.3, 0.4) is 0 Å². The third-order valence-corrected chi connectivity index (χ3v) is 3.51. The molecule has 1 heterocycles. The molecule has 4 nitrogen and oxygen atoms in total. The predicted molar refractivity (Wildman–Crippen MR) is 70.8 cm³/mol. The molecular weight excluding hydrogens is 212 g/mol. The lowest BCUT2D eigenvalue weighted by molar-refractivity contribution is 0.173. The summed E-state index contributed by atoms with van der Waals surface area (Å²) in [4.78, 5) is 4.69. The molecule has 1 rings (SSSR count). The quantitative estimate of drug-likeness (QED) is 0.742. The second-order valence-corrected chi connectivity index (χ2v) is 5.21. The van der Waals surface area contributed by atoms with Crippen molar-refractivity contribution in [3.63, 3.8) is 0 Å². The van der Waals surface area contributed by atoms with Gasteiger partial charge in [0.1, 0.15) is 6.04 Å². The number of hydrogen-bond acceptors (Lipinski definition) is 4. The second-order valence-electron chi connectivity index (χ2n) is 5.21. The van der Waals surface area contributed by atoms with E-state index in [0.29, 0.717) is 0 Å². The SMILES string of the molecule is CCNC(C#N)CN(C)CC1CCN(C)CC1. The van der Waals surface area contributed by atoms with Crippen molar-refractivity contribution in [3.8, 4) is 6.07 Å². The Morgan fingerprint density at radius 1 is 1.47 bits per heavy atom. The van der Waals surface area contributed by atoms with Crippen molar-refractivity contribution < 1.29 is 0 Å². The van der Waals surface area contributed by atoms with Gasteiger partial charge in [0.25, 0.3) is 0 Å². The molecule has 1 fully saturated rings. The Labute approximate surface area is 106 Å². The average molecular weight is 238 g/mol.